The van der Waals surface area contributed by atoms with E-state index in [1.54, 1.807) is 18.4 Å². The van der Waals surface area contributed by atoms with E-state index in [1.165, 1.54) is 12.1 Å². The van der Waals surface area contributed by atoms with Crippen LogP contribution in [-0.4, -0.2) is 28.2 Å². The molecule has 1 aromatic carbocycles. The van der Waals surface area contributed by atoms with Crippen LogP contribution >= 0.6 is 0 Å². The second-order valence-corrected chi connectivity index (χ2v) is 5.33. The lowest BCUT2D eigenvalue weighted by Gasteiger charge is -2.04. The third-order valence-electron chi connectivity index (χ3n) is 3.47. The van der Waals surface area contributed by atoms with Gasteiger partial charge in [-0.3, -0.25) is 0 Å². The molecule has 0 aliphatic carbocycles. The van der Waals surface area contributed by atoms with Crippen LogP contribution in [0.4, 0.5) is 4.39 Å². The lowest BCUT2D eigenvalue weighted by Crippen LogP contribution is -2.24. The second kappa shape index (κ2) is 6.70. The fourth-order valence-electron chi connectivity index (χ4n) is 2.09. The molecule has 0 spiro atoms. The molecule has 0 fully saturated rings. The van der Waals surface area contributed by atoms with Crippen LogP contribution in [0.5, 0.6) is 0 Å². The van der Waals surface area contributed by atoms with Crippen molar-refractivity contribution in [2.45, 2.75) is 25.8 Å². The molecule has 1 atom stereocenters. The zero-order chi connectivity index (χ0) is 16.2. The average Bonchev–Trinajstić information content (AvgIpc) is 3.18. The van der Waals surface area contributed by atoms with Gasteiger partial charge in [0, 0.05) is 18.0 Å². The molecular formula is C16H17FN4O2. The Hall–Kier alpha value is -2.54. The quantitative estimate of drug-likeness (QED) is 0.753. The van der Waals surface area contributed by atoms with E-state index in [0.29, 0.717) is 41.7 Å². The Morgan fingerprint density at radius 1 is 1.22 bits per heavy atom. The van der Waals surface area contributed by atoms with Crippen molar-refractivity contribution < 1.29 is 13.3 Å². The molecule has 0 radical (unpaired) electrons. The highest BCUT2D eigenvalue weighted by Gasteiger charge is 2.13. The lowest BCUT2D eigenvalue weighted by atomic mass is 10.2. The van der Waals surface area contributed by atoms with Gasteiger partial charge < -0.3 is 14.3 Å². The van der Waals surface area contributed by atoms with Crippen molar-refractivity contribution in [1.82, 2.24) is 20.4 Å². The number of oxazole rings is 1. The molecule has 3 rings (SSSR count). The standard InChI is InChI=1S/C16H17FN4O2/c1-10(18-2)7-14-20-15(23-21-14)8-13-9-22-16(19-13)11-3-5-12(17)6-4-11/h3-6,9-10,18H,7-8H2,1-2H3. The minimum atomic E-state index is -0.297. The van der Waals surface area contributed by atoms with Crippen molar-refractivity contribution >= 4 is 0 Å². The molecule has 23 heavy (non-hydrogen) atoms. The lowest BCUT2D eigenvalue weighted by molar-refractivity contribution is 0.376. The highest BCUT2D eigenvalue weighted by Crippen LogP contribution is 2.20. The molecule has 7 heteroatoms. The molecule has 0 amide bonds. The van der Waals surface area contributed by atoms with Crippen molar-refractivity contribution in [3.63, 3.8) is 0 Å². The largest absolute Gasteiger partial charge is 0.444 e. The summed E-state index contributed by atoms with van der Waals surface area (Å²) in [6, 6.07) is 6.25. The van der Waals surface area contributed by atoms with Gasteiger partial charge in [-0.1, -0.05) is 5.16 Å². The summed E-state index contributed by atoms with van der Waals surface area (Å²) in [7, 11) is 1.89. The van der Waals surface area contributed by atoms with Crippen LogP contribution in [-0.2, 0) is 12.8 Å². The number of halogens is 1. The number of benzene rings is 1. The maximum atomic E-state index is 12.9. The first-order valence-electron chi connectivity index (χ1n) is 7.33. The molecule has 1 N–H and O–H groups in total. The van der Waals surface area contributed by atoms with E-state index in [0.717, 1.165) is 0 Å². The smallest absolute Gasteiger partial charge is 0.232 e. The van der Waals surface area contributed by atoms with Crippen LogP contribution in [0, 0.1) is 5.82 Å². The maximum Gasteiger partial charge on any atom is 0.232 e. The first-order chi connectivity index (χ1) is 11.1. The van der Waals surface area contributed by atoms with Gasteiger partial charge in [-0.2, -0.15) is 4.98 Å². The van der Waals surface area contributed by atoms with Crippen molar-refractivity contribution in [2.75, 3.05) is 7.05 Å². The van der Waals surface area contributed by atoms with E-state index >= 15 is 0 Å². The van der Waals surface area contributed by atoms with Crippen LogP contribution in [0.3, 0.4) is 0 Å². The molecule has 120 valence electrons. The molecule has 0 bridgehead atoms. The van der Waals surface area contributed by atoms with Gasteiger partial charge in [-0.15, -0.1) is 0 Å². The first kappa shape index (κ1) is 15.4. The van der Waals surface area contributed by atoms with Gasteiger partial charge in [-0.05, 0) is 38.2 Å². The van der Waals surface area contributed by atoms with E-state index < -0.39 is 0 Å². The summed E-state index contributed by atoms with van der Waals surface area (Å²) in [5, 5.41) is 7.07. The molecule has 0 saturated heterocycles. The predicted molar refractivity (Wildman–Crippen MR) is 81.2 cm³/mol. The van der Waals surface area contributed by atoms with Crippen LogP contribution < -0.4 is 5.32 Å². The number of nitrogens with one attached hydrogen (secondary N) is 1. The van der Waals surface area contributed by atoms with Crippen LogP contribution in [0.15, 0.2) is 39.5 Å². The van der Waals surface area contributed by atoms with Crippen molar-refractivity contribution in [2.24, 2.45) is 0 Å². The van der Waals surface area contributed by atoms with E-state index in [4.69, 9.17) is 8.94 Å². The monoisotopic (exact) mass is 316 g/mol. The minimum Gasteiger partial charge on any atom is -0.444 e. The van der Waals surface area contributed by atoms with Gasteiger partial charge in [-0.25, -0.2) is 9.37 Å². The van der Waals surface area contributed by atoms with Gasteiger partial charge in [0.2, 0.25) is 11.8 Å². The Balaban J connectivity index is 1.68. The molecule has 6 nitrogen and oxygen atoms in total. The molecule has 0 aliphatic rings. The molecular weight excluding hydrogens is 299 g/mol. The summed E-state index contributed by atoms with van der Waals surface area (Å²) < 4.78 is 23.6. The van der Waals surface area contributed by atoms with Crippen LogP contribution in [0.25, 0.3) is 11.5 Å². The summed E-state index contributed by atoms with van der Waals surface area (Å²) in [5.74, 6) is 1.28. The Morgan fingerprint density at radius 3 is 2.74 bits per heavy atom. The SMILES string of the molecule is CNC(C)Cc1noc(Cc2coc(-c3ccc(F)cc3)n2)n1. The van der Waals surface area contributed by atoms with Crippen LogP contribution in [0.2, 0.25) is 0 Å². The van der Waals surface area contributed by atoms with Crippen molar-refractivity contribution in [1.29, 1.82) is 0 Å². The first-order valence-corrected chi connectivity index (χ1v) is 7.33. The molecule has 2 heterocycles. The summed E-state index contributed by atoms with van der Waals surface area (Å²) in [4.78, 5) is 8.70. The number of rotatable bonds is 6. The molecule has 0 aliphatic heterocycles. The predicted octanol–water partition coefficient (Wildman–Crippen LogP) is 2.60. The van der Waals surface area contributed by atoms with Gasteiger partial charge >= 0.3 is 0 Å². The molecule has 1 unspecified atom stereocenters. The Labute approximate surface area is 132 Å². The van der Waals surface area contributed by atoms with Crippen molar-refractivity contribution in [3.05, 3.63) is 53.8 Å². The molecule has 3 aromatic rings. The summed E-state index contributed by atoms with van der Waals surface area (Å²) >= 11 is 0. The fraction of sp³-hybridized carbons (Fsp3) is 0.312. The number of aromatic nitrogens is 3. The topological polar surface area (TPSA) is 77.0 Å². The molecule has 0 saturated carbocycles. The van der Waals surface area contributed by atoms with E-state index in [9.17, 15) is 4.39 Å². The zero-order valence-electron chi connectivity index (χ0n) is 12.9. The summed E-state index contributed by atoms with van der Waals surface area (Å²) in [6.07, 6.45) is 2.63. The van der Waals surface area contributed by atoms with Gasteiger partial charge in [0.15, 0.2) is 5.82 Å². The third-order valence-corrected chi connectivity index (χ3v) is 3.47. The van der Waals surface area contributed by atoms with Crippen molar-refractivity contribution in [3.8, 4) is 11.5 Å². The average molecular weight is 316 g/mol. The maximum absolute atomic E-state index is 12.9. The van der Waals surface area contributed by atoms with E-state index in [2.05, 4.69) is 20.4 Å². The number of likely N-dealkylation sites (N-methyl/N-ethyl adjacent to an activating group) is 1. The highest BCUT2D eigenvalue weighted by atomic mass is 19.1. The Kier molecular flexibility index (Phi) is 4.47. The minimum absolute atomic E-state index is 0.276. The van der Waals surface area contributed by atoms with Gasteiger partial charge in [0.05, 0.1) is 12.1 Å². The Morgan fingerprint density at radius 2 is 2.00 bits per heavy atom. The number of hydrogen-bond acceptors (Lipinski definition) is 6. The highest BCUT2D eigenvalue weighted by molar-refractivity contribution is 5.52. The number of nitrogens with zero attached hydrogens (tertiary/aromatic N) is 3. The normalized spacial score (nSPS) is 12.5. The van der Waals surface area contributed by atoms with E-state index in [1.807, 2.05) is 14.0 Å². The van der Waals surface area contributed by atoms with E-state index in [-0.39, 0.29) is 11.9 Å². The van der Waals surface area contributed by atoms with Crippen LogP contribution in [0.1, 0.15) is 24.3 Å². The summed E-state index contributed by atoms with van der Waals surface area (Å²) in [5.41, 5.74) is 1.40. The third kappa shape index (κ3) is 3.81. The second-order valence-electron chi connectivity index (χ2n) is 5.33. The zero-order valence-corrected chi connectivity index (χ0v) is 12.9. The summed E-state index contributed by atoms with van der Waals surface area (Å²) in [6.45, 7) is 2.04. The van der Waals surface area contributed by atoms with Gasteiger partial charge in [0.25, 0.3) is 0 Å². The fourth-order valence-corrected chi connectivity index (χ4v) is 2.09. The van der Waals surface area contributed by atoms with Gasteiger partial charge in [0.1, 0.15) is 12.1 Å². The molecule has 2 aromatic heterocycles. The number of hydrogen-bond donors (Lipinski definition) is 1. The Bertz CT molecular complexity index is 766.